The summed E-state index contributed by atoms with van der Waals surface area (Å²) < 4.78 is 19.0. The molecule has 0 fully saturated rings. The van der Waals surface area contributed by atoms with Gasteiger partial charge < -0.3 is 10.5 Å². The minimum atomic E-state index is -1.04. The van der Waals surface area contributed by atoms with E-state index in [0.717, 1.165) is 11.1 Å². The first-order valence-corrected chi connectivity index (χ1v) is 5.10. The summed E-state index contributed by atoms with van der Waals surface area (Å²) in [6.45, 7) is 4.27. The predicted molar refractivity (Wildman–Crippen MR) is 60.0 cm³/mol. The van der Waals surface area contributed by atoms with Crippen molar-refractivity contribution >= 4 is 0 Å². The minimum Gasteiger partial charge on any atom is -0.496 e. The number of alkyl halides is 1. The van der Waals surface area contributed by atoms with Gasteiger partial charge in [0, 0.05) is 5.56 Å². The molecule has 1 atom stereocenters. The zero-order chi connectivity index (χ0) is 11.4. The molecule has 1 unspecified atom stereocenters. The molecule has 0 aliphatic carbocycles. The molecule has 0 saturated carbocycles. The van der Waals surface area contributed by atoms with E-state index < -0.39 is 6.17 Å². The van der Waals surface area contributed by atoms with Crippen molar-refractivity contribution in [1.29, 1.82) is 0 Å². The summed E-state index contributed by atoms with van der Waals surface area (Å²) in [7, 11) is 1.57. The zero-order valence-corrected chi connectivity index (χ0v) is 9.51. The van der Waals surface area contributed by atoms with Crippen LogP contribution in [0.4, 0.5) is 4.39 Å². The molecule has 0 saturated heterocycles. The number of hydrogen-bond donors (Lipinski definition) is 1. The van der Waals surface area contributed by atoms with E-state index in [1.165, 1.54) is 0 Å². The molecule has 1 rings (SSSR count). The Kier molecular flexibility index (Phi) is 4.09. The Morgan fingerprint density at radius 1 is 1.40 bits per heavy atom. The van der Waals surface area contributed by atoms with Gasteiger partial charge in [0.25, 0.3) is 0 Å². The van der Waals surface area contributed by atoms with Crippen molar-refractivity contribution in [3.8, 4) is 5.75 Å². The van der Waals surface area contributed by atoms with E-state index in [4.69, 9.17) is 10.5 Å². The summed E-state index contributed by atoms with van der Waals surface area (Å²) >= 11 is 0. The smallest absolute Gasteiger partial charge is 0.130 e. The highest BCUT2D eigenvalue weighted by Crippen LogP contribution is 2.33. The van der Waals surface area contributed by atoms with Crippen molar-refractivity contribution in [2.45, 2.75) is 26.4 Å². The summed E-state index contributed by atoms with van der Waals surface area (Å²) in [6.07, 6.45) is -0.706. The monoisotopic (exact) mass is 211 g/mol. The van der Waals surface area contributed by atoms with Crippen LogP contribution in [-0.2, 0) is 0 Å². The third kappa shape index (κ3) is 2.48. The van der Waals surface area contributed by atoms with Crippen LogP contribution >= 0.6 is 0 Å². The van der Waals surface area contributed by atoms with Crippen LogP contribution in [0.15, 0.2) is 12.1 Å². The van der Waals surface area contributed by atoms with E-state index in [1.54, 1.807) is 13.2 Å². The molecule has 0 aromatic heterocycles. The van der Waals surface area contributed by atoms with Crippen molar-refractivity contribution in [2.24, 2.45) is 5.73 Å². The second kappa shape index (κ2) is 5.12. The molecule has 0 aliphatic heterocycles. The van der Waals surface area contributed by atoms with Crippen molar-refractivity contribution in [2.75, 3.05) is 13.7 Å². The second-order valence-corrected chi connectivity index (χ2v) is 3.67. The molecule has 15 heavy (non-hydrogen) atoms. The van der Waals surface area contributed by atoms with Crippen molar-refractivity contribution in [3.05, 3.63) is 28.8 Å². The number of hydrogen-bond acceptors (Lipinski definition) is 2. The zero-order valence-electron chi connectivity index (χ0n) is 9.51. The standard InChI is InChI=1S/C12H18FNO/c1-8-4-5-10(11(13)6-7-14)12(15-3)9(8)2/h4-5,11H,6-7,14H2,1-3H3. The van der Waals surface area contributed by atoms with Gasteiger partial charge in [-0.15, -0.1) is 0 Å². The first-order chi connectivity index (χ1) is 7.11. The Balaban J connectivity index is 3.12. The fourth-order valence-electron chi connectivity index (χ4n) is 1.63. The van der Waals surface area contributed by atoms with Crippen molar-refractivity contribution in [3.63, 3.8) is 0 Å². The summed E-state index contributed by atoms with van der Waals surface area (Å²) in [5.74, 6) is 0.649. The van der Waals surface area contributed by atoms with Crippen molar-refractivity contribution in [1.82, 2.24) is 0 Å². The lowest BCUT2D eigenvalue weighted by Gasteiger charge is -2.15. The van der Waals surface area contributed by atoms with Crippen molar-refractivity contribution < 1.29 is 9.13 Å². The fourth-order valence-corrected chi connectivity index (χ4v) is 1.63. The van der Waals surface area contributed by atoms with Gasteiger partial charge in [0.05, 0.1) is 7.11 Å². The molecule has 0 radical (unpaired) electrons. The molecule has 2 N–H and O–H groups in total. The molecule has 0 spiro atoms. The fraction of sp³-hybridized carbons (Fsp3) is 0.500. The van der Waals surface area contributed by atoms with Gasteiger partial charge >= 0.3 is 0 Å². The Morgan fingerprint density at radius 2 is 2.07 bits per heavy atom. The third-order valence-corrected chi connectivity index (χ3v) is 2.67. The molecule has 1 aromatic rings. The van der Waals surface area contributed by atoms with E-state index in [1.807, 2.05) is 19.9 Å². The maximum Gasteiger partial charge on any atom is 0.130 e. The van der Waals surface area contributed by atoms with Crippen LogP contribution in [0.1, 0.15) is 29.3 Å². The van der Waals surface area contributed by atoms with Crippen LogP contribution in [0.3, 0.4) is 0 Å². The average Bonchev–Trinajstić information content (AvgIpc) is 2.22. The van der Waals surface area contributed by atoms with Gasteiger partial charge in [-0.1, -0.05) is 12.1 Å². The number of halogens is 1. The predicted octanol–water partition coefficient (Wildman–Crippen LogP) is 2.67. The molecule has 0 heterocycles. The molecule has 2 nitrogen and oxygen atoms in total. The molecule has 0 bridgehead atoms. The molecular weight excluding hydrogens is 193 g/mol. The Labute approximate surface area is 90.2 Å². The minimum absolute atomic E-state index is 0.332. The van der Waals surface area contributed by atoms with E-state index in [2.05, 4.69) is 0 Å². The molecule has 3 heteroatoms. The Hall–Kier alpha value is -1.09. The van der Waals surface area contributed by atoms with Crippen LogP contribution in [0.2, 0.25) is 0 Å². The van der Waals surface area contributed by atoms with Gasteiger partial charge in [0.15, 0.2) is 0 Å². The number of nitrogens with two attached hydrogens (primary N) is 1. The van der Waals surface area contributed by atoms with Crippen LogP contribution < -0.4 is 10.5 Å². The van der Waals surface area contributed by atoms with Gasteiger partial charge in [-0.25, -0.2) is 4.39 Å². The van der Waals surface area contributed by atoms with Gasteiger partial charge in [0.2, 0.25) is 0 Å². The quantitative estimate of drug-likeness (QED) is 0.831. The van der Waals surface area contributed by atoms with E-state index in [9.17, 15) is 4.39 Å². The van der Waals surface area contributed by atoms with Crippen LogP contribution in [-0.4, -0.2) is 13.7 Å². The van der Waals surface area contributed by atoms with Crippen LogP contribution in [0.5, 0.6) is 5.75 Å². The maximum absolute atomic E-state index is 13.7. The van der Waals surface area contributed by atoms with E-state index in [-0.39, 0.29) is 0 Å². The number of aryl methyl sites for hydroxylation is 1. The first kappa shape index (κ1) is 12.0. The SMILES string of the molecule is COc1c(C(F)CCN)ccc(C)c1C. The number of ether oxygens (including phenoxy) is 1. The third-order valence-electron chi connectivity index (χ3n) is 2.67. The normalized spacial score (nSPS) is 12.6. The van der Waals surface area contributed by atoms with Crippen LogP contribution in [0, 0.1) is 13.8 Å². The average molecular weight is 211 g/mol. The van der Waals surface area contributed by atoms with Crippen LogP contribution in [0.25, 0.3) is 0 Å². The summed E-state index contributed by atoms with van der Waals surface area (Å²) in [5.41, 5.74) is 8.05. The largest absolute Gasteiger partial charge is 0.496 e. The van der Waals surface area contributed by atoms with Gasteiger partial charge in [-0.3, -0.25) is 0 Å². The number of methoxy groups -OCH3 is 1. The molecular formula is C12H18FNO. The highest BCUT2D eigenvalue weighted by Gasteiger charge is 2.16. The number of rotatable bonds is 4. The summed E-state index contributed by atoms with van der Waals surface area (Å²) in [4.78, 5) is 0. The lowest BCUT2D eigenvalue weighted by Crippen LogP contribution is -2.06. The highest BCUT2D eigenvalue weighted by molar-refractivity contribution is 5.46. The maximum atomic E-state index is 13.7. The van der Waals surface area contributed by atoms with E-state index in [0.29, 0.717) is 24.3 Å². The topological polar surface area (TPSA) is 35.2 Å². The second-order valence-electron chi connectivity index (χ2n) is 3.67. The molecule has 0 amide bonds. The van der Waals surface area contributed by atoms with Gasteiger partial charge in [-0.2, -0.15) is 0 Å². The summed E-state index contributed by atoms with van der Waals surface area (Å²) in [6, 6.07) is 3.69. The first-order valence-electron chi connectivity index (χ1n) is 5.10. The van der Waals surface area contributed by atoms with Gasteiger partial charge in [0.1, 0.15) is 11.9 Å². The number of benzene rings is 1. The van der Waals surface area contributed by atoms with Gasteiger partial charge in [-0.05, 0) is 37.9 Å². The highest BCUT2D eigenvalue weighted by atomic mass is 19.1. The lowest BCUT2D eigenvalue weighted by atomic mass is 10.00. The Morgan fingerprint density at radius 3 is 2.60 bits per heavy atom. The summed E-state index contributed by atoms with van der Waals surface area (Å²) in [5, 5.41) is 0. The van der Waals surface area contributed by atoms with E-state index >= 15 is 0 Å². The molecule has 84 valence electrons. The lowest BCUT2D eigenvalue weighted by molar-refractivity contribution is 0.310. The molecule has 1 aromatic carbocycles. The molecule has 0 aliphatic rings. The Bertz CT molecular complexity index is 339.